The molecular weight excluding hydrogens is 406 g/mol. The van der Waals surface area contributed by atoms with Gasteiger partial charge >= 0.3 is 5.97 Å². The normalized spacial score (nSPS) is 11.4. The van der Waals surface area contributed by atoms with E-state index in [1.807, 2.05) is 6.92 Å². The quantitative estimate of drug-likeness (QED) is 0.488. The van der Waals surface area contributed by atoms with Gasteiger partial charge < -0.3 is 24.4 Å². The minimum Gasteiger partial charge on any atom is -0.481 e. The molecular formula is C20H25N5O6. The molecule has 3 aromatic rings. The SMILES string of the molecule is COCC(COC)n1c(=O)c(NCCC(=O)O)nc2ccc(-c3c(C)noc3C)nc21. The second kappa shape index (κ2) is 9.67. The van der Waals surface area contributed by atoms with Gasteiger partial charge in [0.05, 0.1) is 42.6 Å². The van der Waals surface area contributed by atoms with Crippen LogP contribution in [0, 0.1) is 13.8 Å². The Bertz CT molecular complexity index is 1110. The van der Waals surface area contributed by atoms with Gasteiger partial charge in [0.2, 0.25) is 0 Å². The molecule has 0 aliphatic rings. The average molecular weight is 431 g/mol. The van der Waals surface area contributed by atoms with E-state index in [0.29, 0.717) is 28.3 Å². The van der Waals surface area contributed by atoms with E-state index in [-0.39, 0.29) is 32.0 Å². The van der Waals surface area contributed by atoms with Gasteiger partial charge in [0.15, 0.2) is 11.5 Å². The molecule has 0 unspecified atom stereocenters. The van der Waals surface area contributed by atoms with Crippen molar-refractivity contribution in [3.63, 3.8) is 0 Å². The first-order chi connectivity index (χ1) is 14.9. The molecule has 11 nitrogen and oxygen atoms in total. The summed E-state index contributed by atoms with van der Waals surface area (Å²) >= 11 is 0. The third-order valence-electron chi connectivity index (χ3n) is 4.74. The fraction of sp³-hybridized carbons (Fsp3) is 0.450. The number of aliphatic carboxylic acids is 1. The Morgan fingerprint density at radius 2 is 1.94 bits per heavy atom. The van der Waals surface area contributed by atoms with Gasteiger partial charge in [-0.1, -0.05) is 5.16 Å². The Balaban J connectivity index is 2.20. The highest BCUT2D eigenvalue weighted by atomic mass is 16.5. The van der Waals surface area contributed by atoms with E-state index in [2.05, 4.69) is 15.5 Å². The summed E-state index contributed by atoms with van der Waals surface area (Å²) in [5, 5.41) is 15.7. The van der Waals surface area contributed by atoms with Gasteiger partial charge in [-0.3, -0.25) is 14.2 Å². The lowest BCUT2D eigenvalue weighted by Crippen LogP contribution is -2.33. The molecule has 3 heterocycles. The number of aryl methyl sites for hydroxylation is 2. The zero-order chi connectivity index (χ0) is 22.5. The van der Waals surface area contributed by atoms with Crippen LogP contribution in [0.3, 0.4) is 0 Å². The lowest BCUT2D eigenvalue weighted by atomic mass is 10.1. The summed E-state index contributed by atoms with van der Waals surface area (Å²) in [6, 6.07) is 3.05. The van der Waals surface area contributed by atoms with Crippen molar-refractivity contribution >= 4 is 23.0 Å². The number of nitrogens with zero attached hydrogens (tertiary/aromatic N) is 4. The molecule has 31 heavy (non-hydrogen) atoms. The fourth-order valence-corrected chi connectivity index (χ4v) is 3.40. The molecule has 0 radical (unpaired) electrons. The monoisotopic (exact) mass is 431 g/mol. The van der Waals surface area contributed by atoms with Crippen molar-refractivity contribution in [3.05, 3.63) is 33.9 Å². The van der Waals surface area contributed by atoms with Crippen molar-refractivity contribution in [1.29, 1.82) is 0 Å². The first-order valence-electron chi connectivity index (χ1n) is 9.67. The number of rotatable bonds is 10. The highest BCUT2D eigenvalue weighted by molar-refractivity contribution is 5.77. The van der Waals surface area contributed by atoms with E-state index < -0.39 is 17.6 Å². The number of methoxy groups -OCH3 is 2. The van der Waals surface area contributed by atoms with Crippen LogP contribution in [0.15, 0.2) is 21.5 Å². The lowest BCUT2D eigenvalue weighted by molar-refractivity contribution is -0.136. The van der Waals surface area contributed by atoms with E-state index in [4.69, 9.17) is 24.1 Å². The molecule has 0 aromatic carbocycles. The molecule has 0 aliphatic heterocycles. The molecule has 0 aliphatic carbocycles. The second-order valence-corrected chi connectivity index (χ2v) is 7.01. The number of aromatic nitrogens is 4. The predicted octanol–water partition coefficient (Wildman–Crippen LogP) is 1.78. The number of carboxylic acid groups (broad SMARTS) is 1. The summed E-state index contributed by atoms with van der Waals surface area (Å²) in [4.78, 5) is 33.2. The number of anilines is 1. The summed E-state index contributed by atoms with van der Waals surface area (Å²) < 4.78 is 17.3. The van der Waals surface area contributed by atoms with Crippen LogP contribution in [0.5, 0.6) is 0 Å². The number of fused-ring (bicyclic) bond motifs is 1. The molecule has 0 amide bonds. The zero-order valence-electron chi connectivity index (χ0n) is 17.8. The van der Waals surface area contributed by atoms with Crippen LogP contribution < -0.4 is 10.9 Å². The smallest absolute Gasteiger partial charge is 0.305 e. The van der Waals surface area contributed by atoms with E-state index in [9.17, 15) is 9.59 Å². The highest BCUT2D eigenvalue weighted by Gasteiger charge is 2.22. The maximum atomic E-state index is 13.3. The molecule has 0 bridgehead atoms. The van der Waals surface area contributed by atoms with Gasteiger partial charge in [0.25, 0.3) is 5.56 Å². The van der Waals surface area contributed by atoms with Gasteiger partial charge in [0, 0.05) is 20.8 Å². The van der Waals surface area contributed by atoms with Crippen LogP contribution in [0.25, 0.3) is 22.4 Å². The fourth-order valence-electron chi connectivity index (χ4n) is 3.40. The average Bonchev–Trinajstić information content (AvgIpc) is 3.06. The zero-order valence-corrected chi connectivity index (χ0v) is 17.8. The van der Waals surface area contributed by atoms with Crippen LogP contribution in [-0.4, -0.2) is 64.7 Å². The number of pyridine rings is 1. The van der Waals surface area contributed by atoms with Crippen LogP contribution in [0.1, 0.15) is 23.9 Å². The first kappa shape index (κ1) is 22.4. The van der Waals surface area contributed by atoms with Crippen molar-refractivity contribution < 1.29 is 23.9 Å². The Hall–Kier alpha value is -3.31. The summed E-state index contributed by atoms with van der Waals surface area (Å²) in [6.07, 6.45) is -0.151. The molecule has 0 saturated carbocycles. The number of hydrogen-bond donors (Lipinski definition) is 2. The largest absolute Gasteiger partial charge is 0.481 e. The van der Waals surface area contributed by atoms with E-state index in [0.717, 1.165) is 5.56 Å². The Morgan fingerprint density at radius 1 is 1.23 bits per heavy atom. The third kappa shape index (κ3) is 4.72. The number of carbonyl (C=O) groups is 1. The highest BCUT2D eigenvalue weighted by Crippen LogP contribution is 2.27. The van der Waals surface area contributed by atoms with Crippen molar-refractivity contribution in [2.24, 2.45) is 0 Å². The van der Waals surface area contributed by atoms with Crippen LogP contribution in [-0.2, 0) is 14.3 Å². The summed E-state index contributed by atoms with van der Waals surface area (Å²) in [7, 11) is 3.07. The minimum absolute atomic E-state index is 0.0397. The van der Waals surface area contributed by atoms with Crippen molar-refractivity contribution in [1.82, 2.24) is 19.7 Å². The molecule has 0 atom stereocenters. The number of ether oxygens (including phenoxy) is 2. The van der Waals surface area contributed by atoms with Gasteiger partial charge in [0.1, 0.15) is 11.3 Å². The minimum atomic E-state index is -0.976. The number of carboxylic acids is 1. The molecule has 3 aromatic heterocycles. The second-order valence-electron chi connectivity index (χ2n) is 7.01. The lowest BCUT2D eigenvalue weighted by Gasteiger charge is -2.21. The Kier molecular flexibility index (Phi) is 6.98. The summed E-state index contributed by atoms with van der Waals surface area (Å²) in [5.41, 5.74) is 2.40. The molecule has 3 rings (SSSR count). The van der Waals surface area contributed by atoms with Crippen molar-refractivity contribution in [2.75, 3.05) is 39.3 Å². The molecule has 0 fully saturated rings. The Morgan fingerprint density at radius 3 is 2.52 bits per heavy atom. The van der Waals surface area contributed by atoms with Crippen LogP contribution >= 0.6 is 0 Å². The number of hydrogen-bond acceptors (Lipinski definition) is 9. The van der Waals surface area contributed by atoms with Crippen LogP contribution in [0.4, 0.5) is 5.82 Å². The number of nitrogens with one attached hydrogen (secondary N) is 1. The van der Waals surface area contributed by atoms with E-state index >= 15 is 0 Å². The topological polar surface area (TPSA) is 142 Å². The third-order valence-corrected chi connectivity index (χ3v) is 4.74. The maximum Gasteiger partial charge on any atom is 0.305 e. The summed E-state index contributed by atoms with van der Waals surface area (Å²) in [5.74, 6) is -0.322. The maximum absolute atomic E-state index is 13.3. The molecule has 0 saturated heterocycles. The van der Waals surface area contributed by atoms with Crippen LogP contribution in [0.2, 0.25) is 0 Å². The molecule has 2 N–H and O–H groups in total. The first-order valence-corrected chi connectivity index (χ1v) is 9.67. The summed E-state index contributed by atoms with van der Waals surface area (Å²) in [6.45, 7) is 4.09. The molecule has 166 valence electrons. The van der Waals surface area contributed by atoms with E-state index in [1.54, 1.807) is 19.1 Å². The van der Waals surface area contributed by atoms with Gasteiger partial charge in [-0.2, -0.15) is 0 Å². The van der Waals surface area contributed by atoms with Crippen molar-refractivity contribution in [3.8, 4) is 11.3 Å². The van der Waals surface area contributed by atoms with Gasteiger partial charge in [-0.05, 0) is 26.0 Å². The van der Waals surface area contributed by atoms with E-state index in [1.165, 1.54) is 18.8 Å². The standard InChI is InChI=1S/C20H25N5O6/c1-11-17(12(2)31-24-11)14-5-6-15-19(23-14)25(13(9-29-3)10-30-4)20(28)18(22-15)21-8-7-16(26)27/h5-6,13H,7-10H2,1-4H3,(H,21,22)(H,26,27). The molecule has 0 spiro atoms. The van der Waals surface area contributed by atoms with Crippen molar-refractivity contribution in [2.45, 2.75) is 26.3 Å². The molecule has 11 heteroatoms. The van der Waals surface area contributed by atoms with Gasteiger partial charge in [-0.25, -0.2) is 9.97 Å². The predicted molar refractivity (Wildman–Crippen MR) is 112 cm³/mol. The Labute approximate surface area is 178 Å². The van der Waals surface area contributed by atoms with Gasteiger partial charge in [-0.15, -0.1) is 0 Å².